The molecule has 0 amide bonds. The lowest BCUT2D eigenvalue weighted by atomic mass is 9.82. The average molecular weight is 275 g/mol. The Labute approximate surface area is 121 Å². The van der Waals surface area contributed by atoms with Gasteiger partial charge >= 0.3 is 5.97 Å². The molecule has 2 rings (SSSR count). The Bertz CT molecular complexity index is 438. The first-order chi connectivity index (χ1) is 9.60. The molecule has 3 nitrogen and oxygen atoms in total. The summed E-state index contributed by atoms with van der Waals surface area (Å²) < 4.78 is 0. The minimum atomic E-state index is -0.425. The van der Waals surface area contributed by atoms with Gasteiger partial charge < -0.3 is 0 Å². The molecule has 2 atom stereocenters. The summed E-state index contributed by atoms with van der Waals surface area (Å²) in [6, 6.07) is 7.44. The highest BCUT2D eigenvalue weighted by atomic mass is 17.2. The second-order valence-electron chi connectivity index (χ2n) is 5.76. The summed E-state index contributed by atoms with van der Waals surface area (Å²) in [5, 5.41) is 0. The summed E-state index contributed by atoms with van der Waals surface area (Å²) in [7, 11) is 0. The maximum absolute atomic E-state index is 11.9. The molecule has 1 aliphatic rings. The fourth-order valence-corrected chi connectivity index (χ4v) is 2.47. The van der Waals surface area contributed by atoms with Gasteiger partial charge in [0.15, 0.2) is 6.10 Å². The summed E-state index contributed by atoms with van der Waals surface area (Å²) in [6.07, 6.45) is 5.03. The molecule has 0 heterocycles. The molecule has 109 valence electrons. The molecule has 2 unspecified atom stereocenters. The molecule has 1 saturated carbocycles. The van der Waals surface area contributed by atoms with Crippen LogP contribution < -0.4 is 0 Å². The Balaban J connectivity index is 1.87. The van der Waals surface area contributed by atoms with Crippen LogP contribution in [-0.2, 0) is 16.2 Å². The molecule has 1 radical (unpaired) electrons. The molecule has 0 bridgehead atoms. The lowest BCUT2D eigenvalue weighted by Gasteiger charge is -2.29. The molecule has 0 aromatic heterocycles. The number of carbonyl (C=O) groups is 1. The van der Waals surface area contributed by atoms with E-state index in [1.807, 2.05) is 12.1 Å². The normalized spacial score (nSPS) is 23.6. The van der Waals surface area contributed by atoms with Gasteiger partial charge in [0.25, 0.3) is 0 Å². The van der Waals surface area contributed by atoms with Crippen LogP contribution in [0.5, 0.6) is 0 Å². The first-order valence-electron chi connectivity index (χ1n) is 7.43. The monoisotopic (exact) mass is 275 g/mol. The van der Waals surface area contributed by atoms with Gasteiger partial charge in [-0.25, -0.2) is 4.79 Å². The smallest absolute Gasteiger partial charge is 0.292 e. The first-order valence-corrected chi connectivity index (χ1v) is 7.43. The van der Waals surface area contributed by atoms with Crippen LogP contribution in [0, 0.1) is 17.9 Å². The van der Waals surface area contributed by atoms with Crippen LogP contribution in [0.1, 0.15) is 56.0 Å². The Morgan fingerprint density at radius 1 is 1.20 bits per heavy atom. The first kappa shape index (κ1) is 15.0. The second-order valence-corrected chi connectivity index (χ2v) is 5.76. The summed E-state index contributed by atoms with van der Waals surface area (Å²) in [5.41, 5.74) is 1.73. The van der Waals surface area contributed by atoms with Gasteiger partial charge in [-0.15, -0.1) is 0 Å². The van der Waals surface area contributed by atoms with Crippen molar-refractivity contribution in [3.8, 4) is 0 Å². The van der Waals surface area contributed by atoms with Crippen molar-refractivity contribution in [1.29, 1.82) is 0 Å². The molecular formula is C17H23O3. The number of rotatable bonds is 4. The zero-order valence-electron chi connectivity index (χ0n) is 12.5. The number of hydrogen-bond donors (Lipinski definition) is 0. The Hall–Kier alpha value is -1.35. The third-order valence-corrected chi connectivity index (χ3v) is 4.01. The van der Waals surface area contributed by atoms with Crippen LogP contribution in [0.25, 0.3) is 0 Å². The molecular weight excluding hydrogens is 252 g/mol. The van der Waals surface area contributed by atoms with Gasteiger partial charge in [0.2, 0.25) is 0 Å². The van der Waals surface area contributed by atoms with E-state index < -0.39 is 5.97 Å². The van der Waals surface area contributed by atoms with E-state index in [4.69, 9.17) is 9.78 Å². The fourth-order valence-electron chi connectivity index (χ4n) is 2.47. The van der Waals surface area contributed by atoms with Crippen molar-refractivity contribution >= 4 is 5.97 Å². The standard InChI is InChI=1S/C17H23O3/c1-4-14-7-9-15(10-8-14)17(18)20-19-16-11-12(2)5-6-13(16)3/h7-10,12-13H,4-6,11H2,1-3H3. The number of hydrogen-bond acceptors (Lipinski definition) is 3. The van der Waals surface area contributed by atoms with Gasteiger partial charge in [-0.2, -0.15) is 4.89 Å². The van der Waals surface area contributed by atoms with E-state index in [0.29, 0.717) is 17.4 Å². The predicted molar refractivity (Wildman–Crippen MR) is 77.7 cm³/mol. The van der Waals surface area contributed by atoms with Crippen molar-refractivity contribution in [1.82, 2.24) is 0 Å². The number of aryl methyl sites for hydroxylation is 1. The Morgan fingerprint density at radius 2 is 1.90 bits per heavy atom. The highest BCUT2D eigenvalue weighted by Gasteiger charge is 2.29. The average Bonchev–Trinajstić information content (AvgIpc) is 2.48. The number of benzene rings is 1. The maximum Gasteiger partial charge on any atom is 0.373 e. The van der Waals surface area contributed by atoms with Crippen molar-refractivity contribution < 1.29 is 14.6 Å². The Morgan fingerprint density at radius 3 is 2.55 bits per heavy atom. The molecule has 0 N–H and O–H groups in total. The van der Waals surface area contributed by atoms with E-state index in [-0.39, 0.29) is 0 Å². The van der Waals surface area contributed by atoms with Crippen molar-refractivity contribution in [2.45, 2.75) is 46.5 Å². The summed E-state index contributed by atoms with van der Waals surface area (Å²) in [5.74, 6) is 0.538. The van der Waals surface area contributed by atoms with Gasteiger partial charge in [-0.05, 0) is 48.8 Å². The van der Waals surface area contributed by atoms with Gasteiger partial charge in [0.1, 0.15) is 0 Å². The van der Waals surface area contributed by atoms with E-state index in [9.17, 15) is 4.79 Å². The summed E-state index contributed by atoms with van der Waals surface area (Å²) in [4.78, 5) is 22.2. The quantitative estimate of drug-likeness (QED) is 0.606. The molecule has 1 fully saturated rings. The summed E-state index contributed by atoms with van der Waals surface area (Å²) in [6.45, 7) is 6.39. The lowest BCUT2D eigenvalue weighted by Crippen LogP contribution is -2.23. The van der Waals surface area contributed by atoms with E-state index in [1.165, 1.54) is 12.0 Å². The summed E-state index contributed by atoms with van der Waals surface area (Å²) >= 11 is 0. The fraction of sp³-hybridized carbons (Fsp3) is 0.529. The molecule has 1 aromatic rings. The zero-order chi connectivity index (χ0) is 14.5. The van der Waals surface area contributed by atoms with Crippen molar-refractivity contribution in [2.75, 3.05) is 0 Å². The minimum absolute atomic E-state index is 0.362. The van der Waals surface area contributed by atoms with E-state index in [0.717, 1.165) is 25.4 Å². The van der Waals surface area contributed by atoms with Crippen LogP contribution >= 0.6 is 0 Å². The van der Waals surface area contributed by atoms with Crippen molar-refractivity contribution in [3.05, 3.63) is 41.5 Å². The van der Waals surface area contributed by atoms with Gasteiger partial charge in [-0.1, -0.05) is 39.3 Å². The third kappa shape index (κ3) is 3.83. The maximum atomic E-state index is 11.9. The molecule has 20 heavy (non-hydrogen) atoms. The van der Waals surface area contributed by atoms with Gasteiger partial charge in [0.05, 0.1) is 5.56 Å². The van der Waals surface area contributed by atoms with Crippen LogP contribution in [0.4, 0.5) is 0 Å². The van der Waals surface area contributed by atoms with E-state index in [2.05, 4.69) is 20.8 Å². The predicted octanol–water partition coefficient (Wildman–Crippen LogP) is 4.33. The molecule has 1 aromatic carbocycles. The second kappa shape index (κ2) is 6.89. The molecule has 0 aliphatic heterocycles. The lowest BCUT2D eigenvalue weighted by molar-refractivity contribution is -0.248. The Kier molecular flexibility index (Phi) is 5.18. The van der Waals surface area contributed by atoms with Crippen LogP contribution in [-0.4, -0.2) is 5.97 Å². The molecule has 0 saturated heterocycles. The van der Waals surface area contributed by atoms with Crippen LogP contribution in [0.15, 0.2) is 24.3 Å². The van der Waals surface area contributed by atoms with Crippen LogP contribution in [0.2, 0.25) is 0 Å². The molecule has 3 heteroatoms. The van der Waals surface area contributed by atoms with E-state index >= 15 is 0 Å². The van der Waals surface area contributed by atoms with Crippen molar-refractivity contribution in [3.63, 3.8) is 0 Å². The number of carbonyl (C=O) groups excluding carboxylic acids is 1. The molecule has 1 aliphatic carbocycles. The van der Waals surface area contributed by atoms with Crippen molar-refractivity contribution in [2.24, 2.45) is 11.8 Å². The van der Waals surface area contributed by atoms with Crippen LogP contribution in [0.3, 0.4) is 0 Å². The highest BCUT2D eigenvalue weighted by molar-refractivity contribution is 5.88. The highest BCUT2D eigenvalue weighted by Crippen LogP contribution is 2.35. The zero-order valence-corrected chi connectivity index (χ0v) is 12.5. The van der Waals surface area contributed by atoms with E-state index in [1.54, 1.807) is 12.1 Å². The van der Waals surface area contributed by atoms with Gasteiger partial charge in [0, 0.05) is 0 Å². The SMILES string of the molecule is CCc1ccc(C(=O)OO[C]2CC(C)CCC2C)cc1. The topological polar surface area (TPSA) is 35.5 Å². The largest absolute Gasteiger partial charge is 0.373 e. The third-order valence-electron chi connectivity index (χ3n) is 4.01. The van der Waals surface area contributed by atoms with Gasteiger partial charge in [-0.3, -0.25) is 4.89 Å². The minimum Gasteiger partial charge on any atom is -0.292 e. The molecule has 0 spiro atoms.